The zero-order chi connectivity index (χ0) is 26.8. The minimum absolute atomic E-state index is 0.0253. The normalized spacial score (nSPS) is 12.8. The molecule has 3 N–H and O–H groups in total. The Hall–Kier alpha value is -3.88. The highest BCUT2D eigenvalue weighted by Crippen LogP contribution is 2.32. The van der Waals surface area contributed by atoms with Crippen molar-refractivity contribution in [1.82, 2.24) is 10.2 Å². The summed E-state index contributed by atoms with van der Waals surface area (Å²) in [6, 6.07) is 8.85. The number of likely N-dealkylation sites (N-methyl/N-ethyl adjacent to an activating group) is 1. The summed E-state index contributed by atoms with van der Waals surface area (Å²) in [6.07, 6.45) is 0. The van der Waals surface area contributed by atoms with E-state index in [1.807, 2.05) is 39.8 Å². The molecule has 0 bridgehead atoms. The summed E-state index contributed by atoms with van der Waals surface area (Å²) < 4.78 is 5.65. The standard InChI is InChI=1S/C27H34N4O5/c1-7-36-23-10-17-13-31(25(28)20(17)12-21(23)26(35)29-5)14-22(32)16-8-18(27(2,3)4)11-19(9-16)30(6)15-24(33)34/h8-12,28H,7,13-15H2,1-6H3,(H,29,35)(H,33,34). The van der Waals surface area contributed by atoms with E-state index in [1.165, 1.54) is 7.05 Å². The Morgan fingerprint density at radius 1 is 1.17 bits per heavy atom. The molecule has 1 aliphatic heterocycles. The van der Waals surface area contributed by atoms with Gasteiger partial charge in [0.05, 0.1) is 18.7 Å². The first-order valence-electron chi connectivity index (χ1n) is 11.8. The van der Waals surface area contributed by atoms with E-state index < -0.39 is 5.97 Å². The minimum Gasteiger partial charge on any atom is -0.493 e. The quantitative estimate of drug-likeness (QED) is 0.457. The van der Waals surface area contributed by atoms with E-state index in [-0.39, 0.29) is 36.0 Å². The van der Waals surface area contributed by atoms with Crippen molar-refractivity contribution in [3.63, 3.8) is 0 Å². The SMILES string of the molecule is CCOc1cc2c(cc1C(=O)NC)C(=N)N(CC(=O)c1cc(N(C)CC(=O)O)cc(C(C)(C)C)c1)C2. The van der Waals surface area contributed by atoms with Gasteiger partial charge in [0.15, 0.2) is 5.78 Å². The third kappa shape index (κ3) is 5.67. The van der Waals surface area contributed by atoms with Gasteiger partial charge in [-0.3, -0.25) is 19.8 Å². The predicted molar refractivity (Wildman–Crippen MR) is 139 cm³/mol. The second kappa shape index (κ2) is 10.4. The number of hydrogen-bond donors (Lipinski definition) is 3. The predicted octanol–water partition coefficient (Wildman–Crippen LogP) is 3.29. The van der Waals surface area contributed by atoms with Crippen LogP contribution in [0.25, 0.3) is 0 Å². The highest BCUT2D eigenvalue weighted by molar-refractivity contribution is 6.07. The van der Waals surface area contributed by atoms with Gasteiger partial charge in [0.25, 0.3) is 5.91 Å². The summed E-state index contributed by atoms with van der Waals surface area (Å²) in [7, 11) is 3.21. The number of amides is 1. The number of carbonyl (C=O) groups is 3. The first kappa shape index (κ1) is 26.7. The van der Waals surface area contributed by atoms with Crippen LogP contribution >= 0.6 is 0 Å². The fourth-order valence-electron chi connectivity index (χ4n) is 4.13. The lowest BCUT2D eigenvalue weighted by molar-refractivity contribution is -0.135. The van der Waals surface area contributed by atoms with E-state index in [0.29, 0.717) is 41.3 Å². The van der Waals surface area contributed by atoms with Crippen molar-refractivity contribution < 1.29 is 24.2 Å². The Labute approximate surface area is 211 Å². The highest BCUT2D eigenvalue weighted by Gasteiger charge is 2.30. The lowest BCUT2D eigenvalue weighted by Crippen LogP contribution is -2.31. The third-order valence-corrected chi connectivity index (χ3v) is 6.16. The molecule has 0 unspecified atom stereocenters. The van der Waals surface area contributed by atoms with Crippen LogP contribution in [0.15, 0.2) is 30.3 Å². The van der Waals surface area contributed by atoms with Crippen molar-refractivity contribution in [3.8, 4) is 5.75 Å². The average Bonchev–Trinajstić information content (AvgIpc) is 3.11. The number of amidine groups is 1. The number of carboxylic acid groups (broad SMARTS) is 1. The molecule has 3 rings (SSSR count). The third-order valence-electron chi connectivity index (χ3n) is 6.16. The van der Waals surface area contributed by atoms with Crippen LogP contribution in [0.2, 0.25) is 0 Å². The average molecular weight is 495 g/mol. The zero-order valence-electron chi connectivity index (χ0n) is 21.7. The Morgan fingerprint density at radius 3 is 2.44 bits per heavy atom. The molecule has 0 aliphatic carbocycles. The summed E-state index contributed by atoms with van der Waals surface area (Å²) >= 11 is 0. The summed E-state index contributed by atoms with van der Waals surface area (Å²) in [4.78, 5) is 40.3. The number of ketones is 1. The van der Waals surface area contributed by atoms with Gasteiger partial charge < -0.3 is 25.0 Å². The van der Waals surface area contributed by atoms with Crippen molar-refractivity contribution in [3.05, 3.63) is 58.1 Å². The van der Waals surface area contributed by atoms with Crippen LogP contribution in [-0.4, -0.2) is 67.3 Å². The van der Waals surface area contributed by atoms with Crippen LogP contribution in [0.4, 0.5) is 5.69 Å². The van der Waals surface area contributed by atoms with Crippen molar-refractivity contribution >= 4 is 29.2 Å². The van der Waals surface area contributed by atoms with Gasteiger partial charge in [0.1, 0.15) is 18.1 Å². The Kier molecular flexibility index (Phi) is 7.71. The number of carboxylic acids is 1. The minimum atomic E-state index is -0.961. The lowest BCUT2D eigenvalue weighted by Gasteiger charge is -2.25. The van der Waals surface area contributed by atoms with Gasteiger partial charge >= 0.3 is 5.97 Å². The number of aliphatic carboxylic acids is 1. The first-order valence-corrected chi connectivity index (χ1v) is 11.8. The molecule has 0 saturated carbocycles. The Morgan fingerprint density at radius 2 is 1.86 bits per heavy atom. The number of Topliss-reactive ketones (excluding diaryl/α,β-unsaturated/α-hetero) is 1. The van der Waals surface area contributed by atoms with E-state index in [4.69, 9.17) is 10.1 Å². The van der Waals surface area contributed by atoms with Crippen LogP contribution in [-0.2, 0) is 16.8 Å². The van der Waals surface area contributed by atoms with Gasteiger partial charge in [-0.15, -0.1) is 0 Å². The Bertz CT molecular complexity index is 1220. The van der Waals surface area contributed by atoms with Gasteiger partial charge in [-0.05, 0) is 53.8 Å². The molecule has 1 heterocycles. The fraction of sp³-hybridized carbons (Fsp3) is 0.407. The van der Waals surface area contributed by atoms with Crippen LogP contribution < -0.4 is 15.0 Å². The van der Waals surface area contributed by atoms with Gasteiger partial charge in [0.2, 0.25) is 0 Å². The molecule has 0 atom stereocenters. The number of benzene rings is 2. The molecular formula is C27H34N4O5. The molecule has 2 aromatic rings. The molecule has 2 aromatic carbocycles. The number of fused-ring (bicyclic) bond motifs is 1. The van der Waals surface area contributed by atoms with Crippen molar-refractivity contribution in [2.45, 2.75) is 39.7 Å². The Balaban J connectivity index is 1.91. The molecule has 0 aromatic heterocycles. The number of anilines is 1. The smallest absolute Gasteiger partial charge is 0.323 e. The van der Waals surface area contributed by atoms with Crippen LogP contribution in [0.5, 0.6) is 5.75 Å². The summed E-state index contributed by atoms with van der Waals surface area (Å²) in [6.45, 7) is 8.45. The number of rotatable bonds is 9. The van der Waals surface area contributed by atoms with Gasteiger partial charge in [-0.2, -0.15) is 0 Å². The topological polar surface area (TPSA) is 123 Å². The van der Waals surface area contributed by atoms with E-state index in [2.05, 4.69) is 5.32 Å². The summed E-state index contributed by atoms with van der Waals surface area (Å²) in [5.41, 5.74) is 3.52. The molecule has 0 radical (unpaired) electrons. The zero-order valence-corrected chi connectivity index (χ0v) is 21.7. The number of nitrogens with one attached hydrogen (secondary N) is 2. The van der Waals surface area contributed by atoms with Crippen molar-refractivity contribution in [2.75, 3.05) is 38.7 Å². The van der Waals surface area contributed by atoms with Crippen molar-refractivity contribution in [2.24, 2.45) is 0 Å². The number of nitrogens with zero attached hydrogens (tertiary/aromatic N) is 2. The molecule has 0 saturated heterocycles. The molecular weight excluding hydrogens is 460 g/mol. The molecule has 0 fully saturated rings. The number of hydrogen-bond acceptors (Lipinski definition) is 6. The molecule has 9 heteroatoms. The molecule has 36 heavy (non-hydrogen) atoms. The molecule has 1 amide bonds. The highest BCUT2D eigenvalue weighted by atomic mass is 16.5. The van der Waals surface area contributed by atoms with Crippen LogP contribution in [0, 0.1) is 5.41 Å². The molecule has 9 nitrogen and oxygen atoms in total. The van der Waals surface area contributed by atoms with Gasteiger partial charge in [-0.1, -0.05) is 20.8 Å². The van der Waals surface area contributed by atoms with E-state index in [1.54, 1.807) is 35.0 Å². The lowest BCUT2D eigenvalue weighted by atomic mass is 9.85. The monoisotopic (exact) mass is 494 g/mol. The van der Waals surface area contributed by atoms with Crippen LogP contribution in [0.1, 0.15) is 65.1 Å². The maximum absolute atomic E-state index is 13.4. The first-order chi connectivity index (χ1) is 16.8. The maximum atomic E-state index is 13.4. The molecule has 192 valence electrons. The molecule has 0 spiro atoms. The van der Waals surface area contributed by atoms with Crippen LogP contribution in [0.3, 0.4) is 0 Å². The van der Waals surface area contributed by atoms with Gasteiger partial charge in [-0.25, -0.2) is 0 Å². The maximum Gasteiger partial charge on any atom is 0.323 e. The second-order valence-electron chi connectivity index (χ2n) is 9.91. The summed E-state index contributed by atoms with van der Waals surface area (Å²) in [5.74, 6) is -0.833. The van der Waals surface area contributed by atoms with Crippen molar-refractivity contribution in [1.29, 1.82) is 5.41 Å². The van der Waals surface area contributed by atoms with E-state index in [9.17, 15) is 19.5 Å². The second-order valence-corrected chi connectivity index (χ2v) is 9.91. The van der Waals surface area contributed by atoms with E-state index in [0.717, 1.165) is 11.1 Å². The summed E-state index contributed by atoms with van der Waals surface area (Å²) in [5, 5.41) is 20.5. The van der Waals surface area contributed by atoms with E-state index >= 15 is 0 Å². The van der Waals surface area contributed by atoms with Gasteiger partial charge in [0, 0.05) is 37.5 Å². The largest absolute Gasteiger partial charge is 0.493 e. The molecule has 1 aliphatic rings. The fourth-order valence-corrected chi connectivity index (χ4v) is 4.13. The number of carbonyl (C=O) groups excluding carboxylic acids is 2. The number of ether oxygens (including phenoxy) is 1.